The summed E-state index contributed by atoms with van der Waals surface area (Å²) < 4.78 is 5.44. The zero-order chi connectivity index (χ0) is 20.4. The Bertz CT molecular complexity index is 671. The van der Waals surface area contributed by atoms with Gasteiger partial charge in [-0.05, 0) is 24.5 Å². The molecule has 1 atom stereocenters. The molecule has 0 radical (unpaired) electrons. The van der Waals surface area contributed by atoms with E-state index in [0.29, 0.717) is 37.8 Å². The number of pyridine rings is 1. The molecule has 1 aliphatic rings. The molecule has 28 heavy (non-hydrogen) atoms. The first-order chi connectivity index (χ1) is 13.6. The number of aliphatic hydroxyl groups is 1. The summed E-state index contributed by atoms with van der Waals surface area (Å²) in [6.45, 7) is 5.70. The van der Waals surface area contributed by atoms with E-state index in [-0.39, 0.29) is 12.6 Å². The number of carbonyl (C=O) groups is 1. The van der Waals surface area contributed by atoms with Gasteiger partial charge in [-0.25, -0.2) is 4.98 Å². The van der Waals surface area contributed by atoms with E-state index in [0.717, 1.165) is 23.6 Å². The van der Waals surface area contributed by atoms with Gasteiger partial charge in [-0.3, -0.25) is 4.79 Å². The van der Waals surface area contributed by atoms with E-state index >= 15 is 0 Å². The lowest BCUT2D eigenvalue weighted by atomic mass is 9.82. The Morgan fingerprint density at radius 1 is 1.50 bits per heavy atom. The van der Waals surface area contributed by atoms with Gasteiger partial charge in [0.15, 0.2) is 0 Å². The average Bonchev–Trinajstić information content (AvgIpc) is 2.68. The molecule has 0 aliphatic carbocycles. The molecule has 0 spiro atoms. The molecule has 7 heteroatoms. The molecule has 1 unspecified atom stereocenters. The van der Waals surface area contributed by atoms with E-state index in [2.05, 4.69) is 24.9 Å². The molecule has 2 heterocycles. The second-order valence-electron chi connectivity index (χ2n) is 7.45. The Balaban J connectivity index is 1.72. The first-order valence-electron chi connectivity index (χ1n) is 10.1. The van der Waals surface area contributed by atoms with E-state index in [4.69, 9.17) is 10.00 Å². The molecule has 0 saturated carbocycles. The highest BCUT2D eigenvalue weighted by Gasteiger charge is 2.43. The van der Waals surface area contributed by atoms with Gasteiger partial charge in [-0.1, -0.05) is 33.1 Å². The maximum absolute atomic E-state index is 12.0. The van der Waals surface area contributed by atoms with Crippen LogP contribution in [0.15, 0.2) is 23.2 Å². The topological polar surface area (TPSA) is 86.5 Å². The molecule has 1 aliphatic heterocycles. The van der Waals surface area contributed by atoms with Crippen LogP contribution in [0.5, 0.6) is 0 Å². The molecule has 1 N–H and O–H groups in total. The number of hydrogen-bond acceptors (Lipinski definition) is 7. The third kappa shape index (κ3) is 6.39. The Hall–Kier alpha value is -1.78. The van der Waals surface area contributed by atoms with Gasteiger partial charge >= 0.3 is 5.97 Å². The minimum atomic E-state index is -0.665. The van der Waals surface area contributed by atoms with Gasteiger partial charge in [-0.15, -0.1) is 11.8 Å². The number of ether oxygens (including phenoxy) is 1. The van der Waals surface area contributed by atoms with Crippen LogP contribution in [-0.4, -0.2) is 48.1 Å². The lowest BCUT2D eigenvalue weighted by molar-refractivity contribution is -0.144. The molecular formula is C21H31N3O3S. The second-order valence-corrected chi connectivity index (χ2v) is 8.62. The third-order valence-corrected chi connectivity index (χ3v) is 6.16. The Morgan fingerprint density at radius 3 is 2.93 bits per heavy atom. The minimum Gasteiger partial charge on any atom is -0.465 e. The number of hydrogen-bond donors (Lipinski definition) is 1. The van der Waals surface area contributed by atoms with Crippen molar-refractivity contribution in [3.63, 3.8) is 0 Å². The smallest absolute Gasteiger partial charge is 0.306 e. The van der Waals surface area contributed by atoms with Crippen molar-refractivity contribution >= 4 is 23.5 Å². The van der Waals surface area contributed by atoms with Crippen LogP contribution in [0.3, 0.4) is 0 Å². The van der Waals surface area contributed by atoms with Crippen molar-refractivity contribution in [2.75, 3.05) is 37.0 Å². The number of esters is 1. The number of anilines is 1. The Morgan fingerprint density at radius 2 is 2.29 bits per heavy atom. The molecule has 1 aromatic heterocycles. The van der Waals surface area contributed by atoms with E-state index in [1.165, 1.54) is 12.8 Å². The molecular weight excluding hydrogens is 374 g/mol. The normalized spacial score (nSPS) is 16.1. The average molecular weight is 406 g/mol. The summed E-state index contributed by atoms with van der Waals surface area (Å²) in [5.41, 5.74) is -0.665. The van der Waals surface area contributed by atoms with Crippen molar-refractivity contribution in [3.05, 3.63) is 18.3 Å². The van der Waals surface area contributed by atoms with Crippen LogP contribution in [0.25, 0.3) is 0 Å². The number of carbonyl (C=O) groups excluding carboxylic acids is 1. The minimum absolute atomic E-state index is 0.131. The van der Waals surface area contributed by atoms with Gasteiger partial charge in [0.05, 0.1) is 25.7 Å². The van der Waals surface area contributed by atoms with Crippen LogP contribution in [0.2, 0.25) is 0 Å². The predicted octanol–water partition coefficient (Wildman–Crippen LogP) is 3.65. The largest absolute Gasteiger partial charge is 0.465 e. The molecule has 6 nitrogen and oxygen atoms in total. The first-order valence-corrected chi connectivity index (χ1v) is 11.1. The van der Waals surface area contributed by atoms with Crippen molar-refractivity contribution in [3.8, 4) is 6.07 Å². The van der Waals surface area contributed by atoms with Crippen LogP contribution >= 0.6 is 11.8 Å². The van der Waals surface area contributed by atoms with E-state index in [9.17, 15) is 9.90 Å². The van der Waals surface area contributed by atoms with Gasteiger partial charge in [0.2, 0.25) is 0 Å². The van der Waals surface area contributed by atoms with Gasteiger partial charge < -0.3 is 14.7 Å². The standard InChI is InChI=1S/C21H31N3O3S/c1-3-5-6-17(4-2)12-27-20(26)8-10-28-18-7-9-23-19(11-18)24-14-21(13-22,15-24)16-25/h7,9,11,17,25H,3-6,8,10,12,14-16H2,1-2H3. The number of thioether (sulfide) groups is 1. The van der Waals surface area contributed by atoms with Gasteiger partial charge in [0.1, 0.15) is 11.2 Å². The summed E-state index contributed by atoms with van der Waals surface area (Å²) in [6.07, 6.45) is 6.64. The lowest BCUT2D eigenvalue weighted by Gasteiger charge is -2.45. The highest BCUT2D eigenvalue weighted by Crippen LogP contribution is 2.34. The van der Waals surface area contributed by atoms with Crippen LogP contribution in [0.4, 0.5) is 5.82 Å². The number of nitriles is 1. The maximum Gasteiger partial charge on any atom is 0.306 e. The monoisotopic (exact) mass is 405 g/mol. The highest BCUT2D eigenvalue weighted by molar-refractivity contribution is 7.99. The quantitative estimate of drug-likeness (QED) is 0.419. The molecule has 0 amide bonds. The summed E-state index contributed by atoms with van der Waals surface area (Å²) in [5, 5.41) is 18.5. The zero-order valence-electron chi connectivity index (χ0n) is 16.9. The second kappa shape index (κ2) is 11.3. The Labute approximate surface area is 172 Å². The predicted molar refractivity (Wildman–Crippen MR) is 111 cm³/mol. The third-order valence-electron chi connectivity index (χ3n) is 5.17. The fourth-order valence-corrected chi connectivity index (χ4v) is 4.00. The SMILES string of the molecule is CCCCC(CC)COC(=O)CCSc1ccnc(N2CC(C#N)(CO)C2)c1. The molecule has 0 aromatic carbocycles. The van der Waals surface area contributed by atoms with Crippen molar-refractivity contribution in [1.29, 1.82) is 5.26 Å². The van der Waals surface area contributed by atoms with Gasteiger partial charge in [0, 0.05) is 29.9 Å². The van der Waals surface area contributed by atoms with Crippen LogP contribution in [0, 0.1) is 22.7 Å². The van der Waals surface area contributed by atoms with Crippen molar-refractivity contribution < 1.29 is 14.6 Å². The summed E-state index contributed by atoms with van der Waals surface area (Å²) >= 11 is 1.60. The van der Waals surface area contributed by atoms with E-state index in [1.54, 1.807) is 18.0 Å². The zero-order valence-corrected chi connectivity index (χ0v) is 17.7. The van der Waals surface area contributed by atoms with Gasteiger partial charge in [-0.2, -0.15) is 5.26 Å². The fourth-order valence-electron chi connectivity index (χ4n) is 3.15. The Kier molecular flexibility index (Phi) is 9.07. The summed E-state index contributed by atoms with van der Waals surface area (Å²) in [5.74, 6) is 1.79. The van der Waals surface area contributed by atoms with Gasteiger partial charge in [0.25, 0.3) is 0 Å². The molecule has 1 aromatic rings. The molecule has 2 rings (SSSR count). The van der Waals surface area contributed by atoms with Crippen LogP contribution in [-0.2, 0) is 9.53 Å². The summed E-state index contributed by atoms with van der Waals surface area (Å²) in [4.78, 5) is 19.4. The highest BCUT2D eigenvalue weighted by atomic mass is 32.2. The lowest BCUT2D eigenvalue weighted by Crippen LogP contribution is -2.58. The fraction of sp³-hybridized carbons (Fsp3) is 0.667. The van der Waals surface area contributed by atoms with Crippen LogP contribution < -0.4 is 4.90 Å². The molecule has 154 valence electrons. The molecule has 1 saturated heterocycles. The van der Waals surface area contributed by atoms with E-state index in [1.807, 2.05) is 17.0 Å². The number of aromatic nitrogens is 1. The van der Waals surface area contributed by atoms with Crippen molar-refractivity contribution in [2.45, 2.75) is 50.8 Å². The molecule has 0 bridgehead atoms. The molecule has 1 fully saturated rings. The summed E-state index contributed by atoms with van der Waals surface area (Å²) in [7, 11) is 0. The van der Waals surface area contributed by atoms with Crippen molar-refractivity contribution in [2.24, 2.45) is 11.3 Å². The van der Waals surface area contributed by atoms with E-state index < -0.39 is 5.41 Å². The number of unbranched alkanes of at least 4 members (excludes halogenated alkanes) is 1. The maximum atomic E-state index is 12.0. The van der Waals surface area contributed by atoms with Crippen molar-refractivity contribution in [1.82, 2.24) is 4.98 Å². The summed E-state index contributed by atoms with van der Waals surface area (Å²) in [6, 6.07) is 6.07. The number of rotatable bonds is 12. The van der Waals surface area contributed by atoms with Crippen LogP contribution in [0.1, 0.15) is 46.0 Å². The number of nitrogens with zero attached hydrogens (tertiary/aromatic N) is 3. The first kappa shape index (κ1) is 22.5. The number of aliphatic hydroxyl groups excluding tert-OH is 1.